The normalized spacial score (nSPS) is 3.95. The van der Waals surface area contributed by atoms with Crippen molar-refractivity contribution in [2.45, 2.75) is 0 Å². The molecule has 0 heteroatoms. The average molecular weight is 1470 g/mol. The molecule has 0 unspecified atom stereocenters. The van der Waals surface area contributed by atoms with Crippen molar-refractivity contribution in [2.24, 2.45) is 0 Å². The molecule has 0 aromatic carbocycles. The highest BCUT2D eigenvalue weighted by molar-refractivity contribution is 5.58. The SMILES string of the molecule is [C-]#CC#CC#CC#CC#CC#CC#CC#CC#CC#CC#CC#CC#CC#CC#CC#CC#CC#CC#CC#CC#CC#CC#CC#CC#CC#CC#CC#CC#CC#CC#CC#CC#CC#CC#CC#CC#CC#CC#CC#CC#CC#CC#CC#CC#CC#CC#CC#CC#CC#CC#CC#CC#CC#CC#CC#CC#CC#CC#CC#CC#C. The molecular weight excluding hydrogens is 1470 g/mol. The molecule has 122 heavy (non-hydrogen) atoms. The van der Waals surface area contributed by atoms with Crippen molar-refractivity contribution in [3.8, 4) is 717 Å². The Morgan fingerprint density at radius 3 is 0.148 bits per heavy atom. The van der Waals surface area contributed by atoms with Gasteiger partial charge in [-0.05, 0) is 94.7 Å². The zero-order valence-electron chi connectivity index (χ0n) is 61.1. The van der Waals surface area contributed by atoms with Crippen molar-refractivity contribution < 1.29 is 0 Å². The van der Waals surface area contributed by atoms with E-state index >= 15 is 0 Å². The number of hydrogen-bond donors (Lipinski definition) is 0. The molecule has 490 valence electrons. The first-order valence-corrected chi connectivity index (χ1v) is 30.3. The van der Waals surface area contributed by atoms with Gasteiger partial charge in [-0.1, -0.05) is 0 Å². The maximum atomic E-state index is 6.59. The molecular formula is C122H-. The van der Waals surface area contributed by atoms with Crippen LogP contribution in [0.5, 0.6) is 0 Å². The zero-order chi connectivity index (χ0) is 86.9. The van der Waals surface area contributed by atoms with Crippen LogP contribution in [0.2, 0.25) is 0 Å². The van der Waals surface area contributed by atoms with E-state index in [0.29, 0.717) is 0 Å². The lowest BCUT2D eigenvalue weighted by Gasteiger charge is -1.63. The van der Waals surface area contributed by atoms with Gasteiger partial charge in [0.05, 0.1) is 0 Å². The molecule has 0 radical (unpaired) electrons. The van der Waals surface area contributed by atoms with Crippen molar-refractivity contribution in [2.75, 3.05) is 0 Å². The lowest BCUT2D eigenvalue weighted by molar-refractivity contribution is 2.31. The molecule has 0 rings (SSSR count). The van der Waals surface area contributed by atoms with Crippen LogP contribution in [-0.2, 0) is 0 Å². The molecule has 0 aliphatic rings. The van der Waals surface area contributed by atoms with Gasteiger partial charge in [0.2, 0.25) is 0 Å². The fourth-order valence-electron chi connectivity index (χ4n) is 3.69. The fourth-order valence-corrected chi connectivity index (χ4v) is 3.69. The minimum Gasteiger partial charge on any atom is -0.358 e. The van der Waals surface area contributed by atoms with Crippen molar-refractivity contribution in [3.05, 3.63) is 6.42 Å². The van der Waals surface area contributed by atoms with Crippen LogP contribution < -0.4 is 0 Å². The molecule has 0 aliphatic heterocycles. The lowest BCUT2D eigenvalue weighted by Crippen LogP contribution is -1.57. The van der Waals surface area contributed by atoms with Crippen LogP contribution in [-0.4, -0.2) is 0 Å². The molecule has 0 aromatic rings. The van der Waals surface area contributed by atoms with E-state index in [1.165, 1.54) is 0 Å². The molecule has 0 fully saturated rings. The van der Waals surface area contributed by atoms with E-state index in [0.717, 1.165) is 0 Å². The fraction of sp³-hybridized carbons (Fsp3) is 0. The minimum absolute atomic E-state index is 1.87. The van der Waals surface area contributed by atoms with Crippen LogP contribution in [0.25, 0.3) is 0 Å². The molecule has 0 aromatic heterocycles. The predicted octanol–water partition coefficient (Wildman–Crippen LogP) is 0.410. The van der Waals surface area contributed by atoms with Gasteiger partial charge in [-0.3, -0.25) is 5.92 Å². The van der Waals surface area contributed by atoms with Crippen LogP contribution >= 0.6 is 0 Å². The molecule has 0 spiro atoms. The highest BCUT2D eigenvalue weighted by Crippen LogP contribution is 1.69. The summed E-state index contributed by atoms with van der Waals surface area (Å²) >= 11 is 0. The molecule has 0 aliphatic carbocycles. The Morgan fingerprint density at radius 1 is 0.0656 bits per heavy atom. The first-order chi connectivity index (χ1) is 60.9. The van der Waals surface area contributed by atoms with Gasteiger partial charge < -0.3 is 6.42 Å². The summed E-state index contributed by atoms with van der Waals surface area (Å²) in [5.41, 5.74) is 0. The summed E-state index contributed by atoms with van der Waals surface area (Å²) in [6.45, 7) is 0. The Bertz CT molecular complexity index is 8150. The zero-order valence-corrected chi connectivity index (χ0v) is 61.1. The minimum atomic E-state index is 1.87. The van der Waals surface area contributed by atoms with Crippen molar-refractivity contribution in [1.29, 1.82) is 0 Å². The van der Waals surface area contributed by atoms with E-state index in [2.05, 4.69) is 705 Å². The molecule has 0 N–H and O–H groups in total. The van der Waals surface area contributed by atoms with Crippen LogP contribution in [0.3, 0.4) is 0 Å². The van der Waals surface area contributed by atoms with Gasteiger partial charge in [-0.2, -0.15) is 0 Å². The van der Waals surface area contributed by atoms with Crippen LogP contribution in [0, 0.1) is 723 Å². The summed E-state index contributed by atoms with van der Waals surface area (Å²) in [6.07, 6.45) is 11.5. The van der Waals surface area contributed by atoms with Gasteiger partial charge in [0.25, 0.3) is 0 Å². The number of terminal acetylenes is 1. The quantitative estimate of drug-likeness (QED) is 0.244. The third-order valence-corrected chi connectivity index (χ3v) is 7.45. The smallest absolute Gasteiger partial charge is 0 e. The summed E-state index contributed by atoms with van der Waals surface area (Å²) in [5.74, 6) is 297. The van der Waals surface area contributed by atoms with Gasteiger partial charge in [-0.15, -0.1) is 12.3 Å². The van der Waals surface area contributed by atoms with E-state index in [-0.39, 0.29) is 0 Å². The van der Waals surface area contributed by atoms with E-state index in [1.54, 1.807) is 0 Å². The van der Waals surface area contributed by atoms with Crippen molar-refractivity contribution >= 4 is 0 Å². The van der Waals surface area contributed by atoms with Gasteiger partial charge >= 0.3 is 0 Å². The van der Waals surface area contributed by atoms with E-state index in [9.17, 15) is 0 Å². The summed E-state index contributed by atoms with van der Waals surface area (Å²) in [5, 5.41) is 0. The lowest BCUT2D eigenvalue weighted by atomic mass is 10.4. The first kappa shape index (κ1) is 95.2. The second-order valence-electron chi connectivity index (χ2n) is 15.0. The Labute approximate surface area is 718 Å². The van der Waals surface area contributed by atoms with Crippen LogP contribution in [0.1, 0.15) is 0 Å². The van der Waals surface area contributed by atoms with Gasteiger partial charge in [-0.25, -0.2) is 5.92 Å². The molecule has 0 bridgehead atoms. The van der Waals surface area contributed by atoms with Crippen molar-refractivity contribution in [1.82, 2.24) is 0 Å². The largest absolute Gasteiger partial charge is 0.358 e. The molecule has 0 saturated heterocycles. The highest BCUT2D eigenvalue weighted by Gasteiger charge is 1.69. The second-order valence-corrected chi connectivity index (χ2v) is 15.0. The standard InChI is InChI=1S/C122H/c1-3-5-7-9-11-13-15-17-19-21-23-25-27-29-31-33-35-37-39-41-43-45-47-49-51-53-55-57-59-61-63-65-67-69-71-73-75-77-79-81-83-85-87-89-91-93-95-97-99-101-103-105-107-109-111-113-115-117-119-121-122-120-118-116-114-112-110-108-106-104-102-100-98-96-94-92-90-88-86-84-82-80-78-76-74-72-70-68-66-64-62-60-58-56-54-52-50-48-46-44-42-40-38-36-34-32-30-28-26-24-22-20-18-16-14-12-10-8-6-4-2/h1H/q-1. The topological polar surface area (TPSA) is 0 Å². The first-order valence-electron chi connectivity index (χ1n) is 30.3. The Morgan fingerprint density at radius 2 is 0.107 bits per heavy atom. The third kappa shape index (κ3) is 93.2. The molecule has 0 heterocycles. The second kappa shape index (κ2) is 94.2. The van der Waals surface area contributed by atoms with Gasteiger partial charge in [0, 0.05) is 598 Å². The summed E-state index contributed by atoms with van der Waals surface area (Å²) in [6, 6.07) is 0. The summed E-state index contributed by atoms with van der Waals surface area (Å²) < 4.78 is 0. The Kier molecular flexibility index (Phi) is 73.4. The Hall–Kier alpha value is -26.8. The number of hydrogen-bond acceptors (Lipinski definition) is 0. The molecule has 0 saturated carbocycles. The third-order valence-electron chi connectivity index (χ3n) is 7.45. The molecule has 0 amide bonds. The van der Waals surface area contributed by atoms with Gasteiger partial charge in [0.15, 0.2) is 0 Å². The van der Waals surface area contributed by atoms with E-state index in [4.69, 9.17) is 12.8 Å². The van der Waals surface area contributed by atoms with Crippen molar-refractivity contribution in [3.63, 3.8) is 0 Å². The van der Waals surface area contributed by atoms with E-state index in [1.807, 2.05) is 5.92 Å². The predicted molar refractivity (Wildman–Crippen MR) is 475 cm³/mol. The monoisotopic (exact) mass is 1470 g/mol. The number of rotatable bonds is 0. The highest BCUT2D eigenvalue weighted by atomic mass is 13.7. The van der Waals surface area contributed by atoms with Crippen LogP contribution in [0.15, 0.2) is 0 Å². The summed E-state index contributed by atoms with van der Waals surface area (Å²) in [4.78, 5) is 0. The Balaban J connectivity index is 4.65. The maximum absolute atomic E-state index is 6.59. The average Bonchev–Trinajstić information content (AvgIpc) is 1.30. The van der Waals surface area contributed by atoms with E-state index < -0.39 is 0 Å². The molecule has 0 nitrogen and oxygen atoms in total. The van der Waals surface area contributed by atoms with Gasteiger partial charge in [0.1, 0.15) is 0 Å². The molecule has 0 atom stereocenters. The summed E-state index contributed by atoms with van der Waals surface area (Å²) in [7, 11) is 0. The van der Waals surface area contributed by atoms with Crippen LogP contribution in [0.4, 0.5) is 0 Å². The maximum Gasteiger partial charge on any atom is 0 e.